The molecule has 0 aromatic heterocycles. The van der Waals surface area contributed by atoms with Gasteiger partial charge in [0.2, 0.25) is 0 Å². The molecule has 1 aromatic carbocycles. The van der Waals surface area contributed by atoms with E-state index in [1.54, 1.807) is 0 Å². The van der Waals surface area contributed by atoms with Gasteiger partial charge in [0.25, 0.3) is 0 Å². The van der Waals surface area contributed by atoms with Gasteiger partial charge in [-0.15, -0.1) is 0 Å². The summed E-state index contributed by atoms with van der Waals surface area (Å²) in [4.78, 5) is 0. The SMILES string of the molecule is CC(C)c1ccc(CN[C@H]2CCC[C@@H]2O)cc1. The third-order valence-corrected chi connectivity index (χ3v) is 3.69. The highest BCUT2D eigenvalue weighted by Crippen LogP contribution is 2.19. The maximum atomic E-state index is 9.72. The fourth-order valence-electron chi connectivity index (χ4n) is 2.45. The molecule has 94 valence electrons. The first-order valence-electron chi connectivity index (χ1n) is 6.67. The summed E-state index contributed by atoms with van der Waals surface area (Å²) in [6.45, 7) is 5.28. The number of nitrogens with one attached hydrogen (secondary N) is 1. The van der Waals surface area contributed by atoms with Crippen molar-refractivity contribution in [1.29, 1.82) is 0 Å². The molecule has 0 unspecified atom stereocenters. The number of aliphatic hydroxyl groups is 1. The Hall–Kier alpha value is -0.860. The minimum absolute atomic E-state index is 0.148. The summed E-state index contributed by atoms with van der Waals surface area (Å²) >= 11 is 0. The minimum Gasteiger partial charge on any atom is -0.392 e. The molecule has 1 aromatic rings. The second-order valence-corrected chi connectivity index (χ2v) is 5.38. The van der Waals surface area contributed by atoms with Crippen molar-refractivity contribution in [1.82, 2.24) is 5.32 Å². The molecule has 17 heavy (non-hydrogen) atoms. The Morgan fingerprint density at radius 1 is 1.24 bits per heavy atom. The van der Waals surface area contributed by atoms with Crippen LogP contribution in [0.4, 0.5) is 0 Å². The van der Waals surface area contributed by atoms with Gasteiger partial charge in [-0.3, -0.25) is 0 Å². The highest BCUT2D eigenvalue weighted by atomic mass is 16.3. The first-order chi connectivity index (χ1) is 8.16. The van der Waals surface area contributed by atoms with E-state index in [2.05, 4.69) is 43.4 Å². The van der Waals surface area contributed by atoms with E-state index in [1.807, 2.05) is 0 Å². The van der Waals surface area contributed by atoms with Crippen LogP contribution < -0.4 is 5.32 Å². The lowest BCUT2D eigenvalue weighted by Gasteiger charge is -2.16. The predicted molar refractivity (Wildman–Crippen MR) is 71.0 cm³/mol. The fraction of sp³-hybridized carbons (Fsp3) is 0.600. The van der Waals surface area contributed by atoms with Crippen LogP contribution in [0.5, 0.6) is 0 Å². The van der Waals surface area contributed by atoms with Crippen LogP contribution in [0, 0.1) is 0 Å². The maximum Gasteiger partial charge on any atom is 0.0693 e. The molecule has 2 atom stereocenters. The van der Waals surface area contributed by atoms with Crippen LogP contribution in [0.3, 0.4) is 0 Å². The summed E-state index contributed by atoms with van der Waals surface area (Å²) < 4.78 is 0. The van der Waals surface area contributed by atoms with E-state index in [4.69, 9.17) is 0 Å². The largest absolute Gasteiger partial charge is 0.392 e. The van der Waals surface area contributed by atoms with Gasteiger partial charge in [-0.1, -0.05) is 38.1 Å². The molecule has 0 aliphatic heterocycles. The zero-order chi connectivity index (χ0) is 12.3. The molecule has 1 fully saturated rings. The number of benzene rings is 1. The molecule has 0 amide bonds. The normalized spacial score (nSPS) is 24.5. The molecule has 1 aliphatic carbocycles. The summed E-state index contributed by atoms with van der Waals surface area (Å²) in [5.41, 5.74) is 2.68. The number of hydrogen-bond acceptors (Lipinski definition) is 2. The molecule has 2 heteroatoms. The van der Waals surface area contributed by atoms with Crippen molar-refractivity contribution in [3.05, 3.63) is 35.4 Å². The molecule has 2 rings (SSSR count). The van der Waals surface area contributed by atoms with E-state index in [0.29, 0.717) is 12.0 Å². The summed E-state index contributed by atoms with van der Waals surface area (Å²) in [7, 11) is 0. The standard InChI is InChI=1S/C15H23NO/c1-11(2)13-8-6-12(7-9-13)10-16-14-4-3-5-15(14)17/h6-9,11,14-17H,3-5,10H2,1-2H3/t14-,15-/m0/s1. The lowest BCUT2D eigenvalue weighted by Crippen LogP contribution is -2.35. The van der Waals surface area contributed by atoms with Crippen LogP contribution in [0.25, 0.3) is 0 Å². The first kappa shape index (κ1) is 12.6. The lowest BCUT2D eigenvalue weighted by molar-refractivity contribution is 0.148. The van der Waals surface area contributed by atoms with Crippen LogP contribution in [0.2, 0.25) is 0 Å². The molecule has 0 radical (unpaired) electrons. The Labute approximate surface area is 104 Å². The fourth-order valence-corrected chi connectivity index (χ4v) is 2.45. The van der Waals surface area contributed by atoms with Crippen molar-refractivity contribution in [3.63, 3.8) is 0 Å². The van der Waals surface area contributed by atoms with Crippen LogP contribution in [0.1, 0.15) is 50.2 Å². The van der Waals surface area contributed by atoms with Gasteiger partial charge in [0.1, 0.15) is 0 Å². The van der Waals surface area contributed by atoms with Crippen LogP contribution in [-0.2, 0) is 6.54 Å². The Kier molecular flexibility index (Phi) is 4.19. The van der Waals surface area contributed by atoms with Gasteiger partial charge in [-0.05, 0) is 36.3 Å². The summed E-state index contributed by atoms with van der Waals surface area (Å²) in [5.74, 6) is 0.591. The summed E-state index contributed by atoms with van der Waals surface area (Å²) in [6.07, 6.45) is 3.05. The lowest BCUT2D eigenvalue weighted by atomic mass is 10.0. The molecule has 1 aliphatic rings. The van der Waals surface area contributed by atoms with E-state index in [-0.39, 0.29) is 6.10 Å². The van der Waals surface area contributed by atoms with Crippen LogP contribution >= 0.6 is 0 Å². The van der Waals surface area contributed by atoms with Crippen LogP contribution in [-0.4, -0.2) is 17.3 Å². The third kappa shape index (κ3) is 3.30. The topological polar surface area (TPSA) is 32.3 Å². The van der Waals surface area contributed by atoms with E-state index >= 15 is 0 Å². The Morgan fingerprint density at radius 2 is 1.94 bits per heavy atom. The average Bonchev–Trinajstić information content (AvgIpc) is 2.73. The van der Waals surface area contributed by atoms with Crippen molar-refractivity contribution in [2.75, 3.05) is 0 Å². The second-order valence-electron chi connectivity index (χ2n) is 5.38. The summed E-state index contributed by atoms with van der Waals surface area (Å²) in [6, 6.07) is 9.06. The first-order valence-corrected chi connectivity index (χ1v) is 6.67. The Morgan fingerprint density at radius 3 is 2.47 bits per heavy atom. The molecular formula is C15H23NO. The zero-order valence-electron chi connectivity index (χ0n) is 10.8. The van der Waals surface area contributed by atoms with E-state index in [1.165, 1.54) is 11.1 Å². The predicted octanol–water partition coefficient (Wildman–Crippen LogP) is 2.81. The number of hydrogen-bond donors (Lipinski definition) is 2. The third-order valence-electron chi connectivity index (χ3n) is 3.69. The van der Waals surface area contributed by atoms with Crippen molar-refractivity contribution in [3.8, 4) is 0 Å². The molecule has 0 bridgehead atoms. The molecular weight excluding hydrogens is 210 g/mol. The van der Waals surface area contributed by atoms with Gasteiger partial charge in [0.05, 0.1) is 6.10 Å². The summed E-state index contributed by atoms with van der Waals surface area (Å²) in [5, 5.41) is 13.2. The molecule has 0 heterocycles. The van der Waals surface area contributed by atoms with Gasteiger partial charge in [0, 0.05) is 12.6 Å². The Balaban J connectivity index is 1.86. The van der Waals surface area contributed by atoms with Crippen molar-refractivity contribution < 1.29 is 5.11 Å². The molecule has 0 saturated heterocycles. The monoisotopic (exact) mass is 233 g/mol. The zero-order valence-corrected chi connectivity index (χ0v) is 10.8. The van der Waals surface area contributed by atoms with Gasteiger partial charge >= 0.3 is 0 Å². The number of aliphatic hydroxyl groups excluding tert-OH is 1. The van der Waals surface area contributed by atoms with E-state index in [9.17, 15) is 5.11 Å². The number of rotatable bonds is 4. The van der Waals surface area contributed by atoms with Gasteiger partial charge in [-0.25, -0.2) is 0 Å². The Bertz CT molecular complexity index is 344. The van der Waals surface area contributed by atoms with Gasteiger partial charge < -0.3 is 10.4 Å². The van der Waals surface area contributed by atoms with Gasteiger partial charge in [0.15, 0.2) is 0 Å². The van der Waals surface area contributed by atoms with Gasteiger partial charge in [-0.2, -0.15) is 0 Å². The molecule has 2 N–H and O–H groups in total. The average molecular weight is 233 g/mol. The molecule has 2 nitrogen and oxygen atoms in total. The van der Waals surface area contributed by atoms with Crippen LogP contribution in [0.15, 0.2) is 24.3 Å². The van der Waals surface area contributed by atoms with Crippen molar-refractivity contribution >= 4 is 0 Å². The molecule has 1 saturated carbocycles. The minimum atomic E-state index is -0.148. The quantitative estimate of drug-likeness (QED) is 0.838. The van der Waals surface area contributed by atoms with E-state index < -0.39 is 0 Å². The maximum absolute atomic E-state index is 9.72. The van der Waals surface area contributed by atoms with E-state index in [0.717, 1.165) is 25.8 Å². The second kappa shape index (κ2) is 5.65. The molecule has 0 spiro atoms. The highest BCUT2D eigenvalue weighted by Gasteiger charge is 2.24. The smallest absolute Gasteiger partial charge is 0.0693 e. The van der Waals surface area contributed by atoms with Crippen molar-refractivity contribution in [2.45, 2.75) is 57.7 Å². The van der Waals surface area contributed by atoms with Crippen molar-refractivity contribution in [2.24, 2.45) is 0 Å². The highest BCUT2D eigenvalue weighted by molar-refractivity contribution is 5.24.